The number of likely N-dealkylation sites (tertiary alicyclic amines) is 1. The fraction of sp³-hybridized carbons (Fsp3) is 0.207. The Morgan fingerprint density at radius 3 is 2.20 bits per heavy atom. The van der Waals surface area contributed by atoms with Crippen molar-refractivity contribution in [2.75, 3.05) is 19.6 Å². The minimum atomic E-state index is -0.517. The van der Waals surface area contributed by atoms with E-state index in [1.807, 2.05) is 0 Å². The van der Waals surface area contributed by atoms with Gasteiger partial charge in [-0.05, 0) is 47.6 Å². The Balaban J connectivity index is 1.44. The van der Waals surface area contributed by atoms with E-state index >= 15 is 0 Å². The van der Waals surface area contributed by atoms with Crippen LogP contribution in [0.1, 0.15) is 51.9 Å². The van der Waals surface area contributed by atoms with E-state index < -0.39 is 10.8 Å². The van der Waals surface area contributed by atoms with Gasteiger partial charge in [0.2, 0.25) is 0 Å². The summed E-state index contributed by atoms with van der Waals surface area (Å²) in [5.74, 6) is -0.419. The maximum absolute atomic E-state index is 12.7. The molecule has 1 N–H and O–H groups in total. The Kier molecular flexibility index (Phi) is 6.44. The number of allylic oxidation sites excluding steroid dienone is 1. The fourth-order valence-corrected chi connectivity index (χ4v) is 5.02. The number of piperidine rings is 1. The van der Waals surface area contributed by atoms with E-state index in [-0.39, 0.29) is 11.3 Å². The summed E-state index contributed by atoms with van der Waals surface area (Å²) in [6.07, 6.45) is 7.55. The molecular weight excluding hydrogens is 438 g/mol. The molecule has 6 nitrogen and oxygen atoms in total. The summed E-state index contributed by atoms with van der Waals surface area (Å²) >= 11 is 0. The van der Waals surface area contributed by atoms with Crippen LogP contribution in [0.2, 0.25) is 0 Å². The number of nitrogens with zero attached hydrogens (tertiary/aromatic N) is 2. The molecule has 0 spiro atoms. The van der Waals surface area contributed by atoms with Gasteiger partial charge < -0.3 is 10.2 Å². The number of nitrogens with one attached hydrogen (secondary N) is 1. The van der Waals surface area contributed by atoms with Crippen LogP contribution in [0.3, 0.4) is 0 Å². The SMILES string of the molecule is O=C(NCCN1CCCCC1=C1c2ccccc2C=Cc2ccccc21)c1ccccc1[N+](=O)[O-]. The molecule has 1 aliphatic heterocycles. The van der Waals surface area contributed by atoms with Gasteiger partial charge in [-0.3, -0.25) is 14.9 Å². The molecular formula is C29H27N3O3. The monoisotopic (exact) mass is 465 g/mol. The molecule has 2 aliphatic rings. The topological polar surface area (TPSA) is 75.5 Å². The lowest BCUT2D eigenvalue weighted by Gasteiger charge is -2.34. The van der Waals surface area contributed by atoms with Crippen LogP contribution in [0.25, 0.3) is 17.7 Å². The molecule has 3 aromatic carbocycles. The zero-order valence-electron chi connectivity index (χ0n) is 19.4. The van der Waals surface area contributed by atoms with Gasteiger partial charge >= 0.3 is 0 Å². The van der Waals surface area contributed by atoms with E-state index in [0.29, 0.717) is 13.1 Å². The predicted octanol–water partition coefficient (Wildman–Crippen LogP) is 5.75. The number of nitro groups is 1. The largest absolute Gasteiger partial charge is 0.373 e. The van der Waals surface area contributed by atoms with Crippen LogP contribution < -0.4 is 5.32 Å². The van der Waals surface area contributed by atoms with Crippen LogP contribution >= 0.6 is 0 Å². The number of rotatable bonds is 5. The standard InChI is InChI=1S/C29H27N3O3/c33-29(25-13-5-6-14-26(25)32(34)35)30-18-20-31-19-8-7-15-27(31)28-23-11-3-1-9-21(23)16-17-22-10-2-4-12-24(22)28/h1-6,9-14,16-17H,7-8,15,18-20H2,(H,30,33). The van der Waals surface area contributed by atoms with E-state index in [9.17, 15) is 14.9 Å². The maximum Gasteiger partial charge on any atom is 0.282 e. The van der Waals surface area contributed by atoms with E-state index in [0.717, 1.165) is 25.8 Å². The first-order chi connectivity index (χ1) is 17.1. The van der Waals surface area contributed by atoms with E-state index in [4.69, 9.17) is 0 Å². The quantitative estimate of drug-likeness (QED) is 0.301. The van der Waals surface area contributed by atoms with Crippen LogP contribution in [0.15, 0.2) is 78.5 Å². The predicted molar refractivity (Wildman–Crippen MR) is 139 cm³/mol. The summed E-state index contributed by atoms with van der Waals surface area (Å²) in [4.78, 5) is 25.9. The summed E-state index contributed by atoms with van der Waals surface area (Å²) in [5, 5.41) is 14.2. The van der Waals surface area contributed by atoms with Gasteiger partial charge in [0.15, 0.2) is 0 Å². The van der Waals surface area contributed by atoms with Gasteiger partial charge in [0, 0.05) is 37.0 Å². The van der Waals surface area contributed by atoms with Gasteiger partial charge in [0.05, 0.1) is 4.92 Å². The van der Waals surface area contributed by atoms with Crippen molar-refractivity contribution in [3.05, 3.63) is 116 Å². The lowest BCUT2D eigenvalue weighted by Crippen LogP contribution is -2.37. The Hall–Kier alpha value is -4.19. The zero-order valence-corrected chi connectivity index (χ0v) is 19.4. The number of amides is 1. The molecule has 1 heterocycles. The second-order valence-electron chi connectivity index (χ2n) is 8.80. The smallest absolute Gasteiger partial charge is 0.282 e. The number of hydrogen-bond donors (Lipinski definition) is 1. The minimum Gasteiger partial charge on any atom is -0.373 e. The van der Waals surface area contributed by atoms with E-state index in [2.05, 4.69) is 70.9 Å². The molecule has 1 saturated heterocycles. The molecule has 0 atom stereocenters. The fourth-order valence-electron chi connectivity index (χ4n) is 5.02. The van der Waals surface area contributed by atoms with Crippen molar-refractivity contribution in [2.24, 2.45) is 0 Å². The van der Waals surface area contributed by atoms with Crippen molar-refractivity contribution in [1.29, 1.82) is 0 Å². The maximum atomic E-state index is 12.7. The lowest BCUT2D eigenvalue weighted by atomic mass is 9.89. The highest BCUT2D eigenvalue weighted by atomic mass is 16.6. The molecule has 0 unspecified atom stereocenters. The minimum absolute atomic E-state index is 0.0902. The zero-order chi connectivity index (χ0) is 24.2. The van der Waals surface area contributed by atoms with Gasteiger partial charge in [0.1, 0.15) is 5.56 Å². The average Bonchev–Trinajstić information content (AvgIpc) is 3.06. The average molecular weight is 466 g/mol. The molecule has 176 valence electrons. The van der Waals surface area contributed by atoms with Crippen LogP contribution in [0.4, 0.5) is 5.69 Å². The van der Waals surface area contributed by atoms with Gasteiger partial charge in [-0.1, -0.05) is 72.8 Å². The van der Waals surface area contributed by atoms with E-state index in [1.165, 1.54) is 45.7 Å². The summed E-state index contributed by atoms with van der Waals surface area (Å²) in [7, 11) is 0. The van der Waals surface area contributed by atoms with Gasteiger partial charge in [-0.15, -0.1) is 0 Å². The number of carbonyl (C=O) groups excluding carboxylic acids is 1. The molecule has 0 radical (unpaired) electrons. The number of hydrogen-bond acceptors (Lipinski definition) is 4. The number of fused-ring (bicyclic) bond motifs is 2. The van der Waals surface area contributed by atoms with Crippen LogP contribution in [-0.4, -0.2) is 35.4 Å². The second kappa shape index (κ2) is 9.97. The van der Waals surface area contributed by atoms with Crippen molar-refractivity contribution >= 4 is 29.3 Å². The lowest BCUT2D eigenvalue weighted by molar-refractivity contribution is -0.385. The number of benzene rings is 3. The molecule has 0 aromatic heterocycles. The highest BCUT2D eigenvalue weighted by Gasteiger charge is 2.25. The Labute approximate surface area is 204 Å². The first kappa shape index (κ1) is 22.6. The molecule has 1 fully saturated rings. The third-order valence-electron chi connectivity index (χ3n) is 6.68. The van der Waals surface area contributed by atoms with Crippen LogP contribution in [0, 0.1) is 10.1 Å². The molecule has 5 rings (SSSR count). The number of carbonyl (C=O) groups is 1. The highest BCUT2D eigenvalue weighted by Crippen LogP contribution is 2.39. The van der Waals surface area contributed by atoms with Crippen molar-refractivity contribution in [3.63, 3.8) is 0 Å². The first-order valence-corrected chi connectivity index (χ1v) is 12.0. The molecule has 1 amide bonds. The molecule has 0 bridgehead atoms. The number of para-hydroxylation sites is 1. The van der Waals surface area contributed by atoms with Crippen molar-refractivity contribution in [1.82, 2.24) is 10.2 Å². The van der Waals surface area contributed by atoms with Crippen LogP contribution in [-0.2, 0) is 0 Å². The molecule has 3 aromatic rings. The Bertz CT molecular complexity index is 1290. The van der Waals surface area contributed by atoms with E-state index in [1.54, 1.807) is 12.1 Å². The van der Waals surface area contributed by atoms with Crippen molar-refractivity contribution < 1.29 is 9.72 Å². The van der Waals surface area contributed by atoms with Crippen LogP contribution in [0.5, 0.6) is 0 Å². The Morgan fingerprint density at radius 2 is 1.51 bits per heavy atom. The van der Waals surface area contributed by atoms with Gasteiger partial charge in [0.25, 0.3) is 11.6 Å². The molecule has 1 aliphatic carbocycles. The van der Waals surface area contributed by atoms with Gasteiger partial charge in [-0.2, -0.15) is 0 Å². The summed E-state index contributed by atoms with van der Waals surface area (Å²) in [6.45, 7) is 1.96. The van der Waals surface area contributed by atoms with Gasteiger partial charge in [-0.25, -0.2) is 0 Å². The summed E-state index contributed by atoms with van der Waals surface area (Å²) < 4.78 is 0. The third kappa shape index (κ3) is 4.60. The second-order valence-corrected chi connectivity index (χ2v) is 8.80. The molecule has 0 saturated carbocycles. The Morgan fingerprint density at radius 1 is 0.886 bits per heavy atom. The summed E-state index contributed by atoms with van der Waals surface area (Å²) in [5.41, 5.74) is 7.30. The van der Waals surface area contributed by atoms with Crippen molar-refractivity contribution in [3.8, 4) is 0 Å². The normalized spacial score (nSPS) is 14.7. The molecule has 35 heavy (non-hydrogen) atoms. The number of nitro benzene ring substituents is 1. The third-order valence-corrected chi connectivity index (χ3v) is 6.68. The van der Waals surface area contributed by atoms with Crippen molar-refractivity contribution in [2.45, 2.75) is 19.3 Å². The first-order valence-electron chi connectivity index (χ1n) is 12.0. The summed E-state index contributed by atoms with van der Waals surface area (Å²) in [6, 6.07) is 23.0. The highest BCUT2D eigenvalue weighted by molar-refractivity contribution is 5.98. The molecule has 6 heteroatoms.